The summed E-state index contributed by atoms with van der Waals surface area (Å²) >= 11 is 0. The van der Waals surface area contributed by atoms with Crippen molar-refractivity contribution in [2.75, 3.05) is 31.1 Å². The third kappa shape index (κ3) is 3.88. The third-order valence-corrected chi connectivity index (χ3v) is 7.18. The highest BCUT2D eigenvalue weighted by molar-refractivity contribution is 5.86. The van der Waals surface area contributed by atoms with Crippen LogP contribution in [0.25, 0.3) is 10.9 Å². The zero-order valence-corrected chi connectivity index (χ0v) is 18.9. The minimum Gasteiger partial charge on any atom is -0.368 e. The number of nitrogens with two attached hydrogens (primary N) is 1. The van der Waals surface area contributed by atoms with Gasteiger partial charge in [-0.15, -0.1) is 0 Å². The number of hydrogen-bond acceptors (Lipinski definition) is 4. The van der Waals surface area contributed by atoms with Crippen molar-refractivity contribution in [3.05, 3.63) is 59.8 Å². The van der Waals surface area contributed by atoms with E-state index in [9.17, 15) is 4.79 Å². The van der Waals surface area contributed by atoms with Crippen molar-refractivity contribution in [3.8, 4) is 0 Å². The maximum absolute atomic E-state index is 12.6. The number of nitrogens with zero attached hydrogens (tertiary/aromatic N) is 4. The molecule has 1 aliphatic carbocycles. The fourth-order valence-electron chi connectivity index (χ4n) is 5.16. The molecule has 3 aromatic rings. The number of piperazine rings is 1. The van der Waals surface area contributed by atoms with Gasteiger partial charge >= 0.3 is 0 Å². The summed E-state index contributed by atoms with van der Waals surface area (Å²) in [6.07, 6.45) is 5.54. The molecule has 0 spiro atoms. The lowest BCUT2D eigenvalue weighted by molar-refractivity contribution is -0.132. The quantitative estimate of drug-likeness (QED) is 0.648. The molecular formula is C26H33N5O. The van der Waals surface area contributed by atoms with Gasteiger partial charge in [0.15, 0.2) is 0 Å². The van der Waals surface area contributed by atoms with Gasteiger partial charge in [0.25, 0.3) is 0 Å². The molecule has 5 rings (SSSR count). The van der Waals surface area contributed by atoms with E-state index < -0.39 is 0 Å². The summed E-state index contributed by atoms with van der Waals surface area (Å²) in [4.78, 5) is 17.0. The molecule has 1 saturated carbocycles. The molecule has 2 heterocycles. The number of carbonyl (C=O) groups is 1. The molecule has 1 aliphatic heterocycles. The number of rotatable bonds is 6. The molecule has 168 valence electrons. The predicted octanol–water partition coefficient (Wildman–Crippen LogP) is 3.54. The van der Waals surface area contributed by atoms with Crippen LogP contribution in [0, 0.1) is 0 Å². The zero-order valence-electron chi connectivity index (χ0n) is 18.9. The van der Waals surface area contributed by atoms with Crippen molar-refractivity contribution in [2.24, 2.45) is 5.73 Å². The first-order chi connectivity index (χ1) is 15.7. The lowest BCUT2D eigenvalue weighted by Crippen LogP contribution is -2.57. The van der Waals surface area contributed by atoms with Crippen molar-refractivity contribution in [3.63, 3.8) is 0 Å². The molecule has 2 aromatic carbocycles. The standard InChI is InChI=1S/C26H33N5O/c1-2-24-23-12-11-21(16-25(23)31(28-24)20-9-6-10-20)29-13-14-30(26(32)17-27)22(18-29)15-19-7-4-3-5-8-19/h3-5,7-8,11-12,16,20,22H,2,6,9-10,13-15,17-18,27H2,1H3. The summed E-state index contributed by atoms with van der Waals surface area (Å²) in [5, 5.41) is 6.24. The van der Waals surface area contributed by atoms with Crippen molar-refractivity contribution >= 4 is 22.5 Å². The second-order valence-corrected chi connectivity index (χ2v) is 9.11. The van der Waals surface area contributed by atoms with Gasteiger partial charge in [-0.05, 0) is 55.9 Å². The monoisotopic (exact) mass is 431 g/mol. The van der Waals surface area contributed by atoms with Crippen molar-refractivity contribution in [2.45, 2.75) is 51.1 Å². The maximum atomic E-state index is 12.6. The molecule has 1 saturated heterocycles. The average Bonchev–Trinajstić information content (AvgIpc) is 3.15. The number of amides is 1. The molecule has 32 heavy (non-hydrogen) atoms. The lowest BCUT2D eigenvalue weighted by Gasteiger charge is -2.42. The molecule has 6 heteroatoms. The van der Waals surface area contributed by atoms with Gasteiger partial charge < -0.3 is 15.5 Å². The van der Waals surface area contributed by atoms with Crippen molar-refractivity contribution < 1.29 is 4.79 Å². The summed E-state index contributed by atoms with van der Waals surface area (Å²) in [5.41, 5.74) is 10.6. The van der Waals surface area contributed by atoms with Crippen LogP contribution in [-0.4, -0.2) is 52.8 Å². The highest BCUT2D eigenvalue weighted by atomic mass is 16.2. The van der Waals surface area contributed by atoms with E-state index in [0.29, 0.717) is 12.6 Å². The van der Waals surface area contributed by atoms with Gasteiger partial charge in [-0.3, -0.25) is 9.48 Å². The van der Waals surface area contributed by atoms with E-state index in [-0.39, 0.29) is 18.5 Å². The number of carbonyl (C=O) groups excluding carboxylic acids is 1. The fraction of sp³-hybridized carbons (Fsp3) is 0.462. The largest absolute Gasteiger partial charge is 0.368 e. The first-order valence-electron chi connectivity index (χ1n) is 12.0. The van der Waals surface area contributed by atoms with E-state index in [1.165, 1.54) is 47.1 Å². The number of fused-ring (bicyclic) bond motifs is 1. The van der Waals surface area contributed by atoms with E-state index in [2.05, 4.69) is 59.0 Å². The van der Waals surface area contributed by atoms with Crippen LogP contribution < -0.4 is 10.6 Å². The first-order valence-corrected chi connectivity index (χ1v) is 12.0. The topological polar surface area (TPSA) is 67.4 Å². The minimum atomic E-state index is 0.0386. The molecule has 1 unspecified atom stereocenters. The van der Waals surface area contributed by atoms with Gasteiger partial charge in [-0.25, -0.2) is 0 Å². The summed E-state index contributed by atoms with van der Waals surface area (Å²) in [7, 11) is 0. The van der Waals surface area contributed by atoms with Crippen LogP contribution in [0.2, 0.25) is 0 Å². The Morgan fingerprint density at radius 1 is 1.12 bits per heavy atom. The summed E-state index contributed by atoms with van der Waals surface area (Å²) < 4.78 is 2.27. The van der Waals surface area contributed by atoms with Gasteiger partial charge in [0, 0.05) is 30.7 Å². The summed E-state index contributed by atoms with van der Waals surface area (Å²) in [6, 6.07) is 17.9. The van der Waals surface area contributed by atoms with E-state index in [1.54, 1.807) is 0 Å². The van der Waals surface area contributed by atoms with Crippen LogP contribution in [0.5, 0.6) is 0 Å². The molecular weight excluding hydrogens is 398 g/mol. The Kier molecular flexibility index (Phi) is 5.87. The smallest absolute Gasteiger partial charge is 0.236 e. The molecule has 6 nitrogen and oxygen atoms in total. The highest BCUT2D eigenvalue weighted by Crippen LogP contribution is 2.36. The number of aromatic nitrogens is 2. The van der Waals surface area contributed by atoms with Gasteiger partial charge in [0.05, 0.1) is 29.8 Å². The van der Waals surface area contributed by atoms with Crippen LogP contribution in [0.1, 0.15) is 43.5 Å². The predicted molar refractivity (Wildman–Crippen MR) is 129 cm³/mol. The highest BCUT2D eigenvalue weighted by Gasteiger charge is 2.31. The maximum Gasteiger partial charge on any atom is 0.236 e. The second-order valence-electron chi connectivity index (χ2n) is 9.11. The van der Waals surface area contributed by atoms with Gasteiger partial charge in [0.1, 0.15) is 0 Å². The Morgan fingerprint density at radius 2 is 1.94 bits per heavy atom. The zero-order chi connectivity index (χ0) is 22.1. The molecule has 1 atom stereocenters. The Bertz CT molecular complexity index is 1090. The first kappa shape index (κ1) is 21.0. The van der Waals surface area contributed by atoms with E-state index in [1.807, 2.05) is 11.0 Å². The fourth-order valence-corrected chi connectivity index (χ4v) is 5.16. The summed E-state index contributed by atoms with van der Waals surface area (Å²) in [5.74, 6) is 0.0386. The van der Waals surface area contributed by atoms with Crippen molar-refractivity contribution in [1.82, 2.24) is 14.7 Å². The lowest BCUT2D eigenvalue weighted by atomic mass is 9.93. The van der Waals surface area contributed by atoms with Crippen LogP contribution in [-0.2, 0) is 17.6 Å². The Labute approximate surface area is 190 Å². The Balaban J connectivity index is 1.44. The minimum absolute atomic E-state index is 0.0386. The number of hydrogen-bond donors (Lipinski definition) is 1. The normalized spacial score (nSPS) is 19.4. The number of anilines is 1. The average molecular weight is 432 g/mol. The van der Waals surface area contributed by atoms with Gasteiger partial charge in [-0.1, -0.05) is 37.3 Å². The summed E-state index contributed by atoms with van der Waals surface area (Å²) in [6.45, 7) is 4.58. The van der Waals surface area contributed by atoms with Crippen LogP contribution >= 0.6 is 0 Å². The number of aryl methyl sites for hydroxylation is 1. The molecule has 0 bridgehead atoms. The molecule has 0 radical (unpaired) electrons. The Hall–Kier alpha value is -2.86. The molecule has 2 N–H and O–H groups in total. The van der Waals surface area contributed by atoms with Crippen LogP contribution in [0.3, 0.4) is 0 Å². The molecule has 1 amide bonds. The van der Waals surface area contributed by atoms with Crippen LogP contribution in [0.4, 0.5) is 5.69 Å². The third-order valence-electron chi connectivity index (χ3n) is 7.18. The molecule has 2 aliphatic rings. The van der Waals surface area contributed by atoms with E-state index in [4.69, 9.17) is 10.8 Å². The molecule has 2 fully saturated rings. The Morgan fingerprint density at radius 3 is 2.62 bits per heavy atom. The number of benzene rings is 2. The molecule has 1 aromatic heterocycles. The van der Waals surface area contributed by atoms with Crippen LogP contribution in [0.15, 0.2) is 48.5 Å². The van der Waals surface area contributed by atoms with Crippen molar-refractivity contribution in [1.29, 1.82) is 0 Å². The van der Waals surface area contributed by atoms with E-state index in [0.717, 1.165) is 25.9 Å². The SMILES string of the molecule is CCc1nn(C2CCC2)c2cc(N3CCN(C(=O)CN)C(Cc4ccccc4)C3)ccc12. The van der Waals surface area contributed by atoms with Gasteiger partial charge in [0.2, 0.25) is 5.91 Å². The second kappa shape index (κ2) is 8.94. The van der Waals surface area contributed by atoms with E-state index >= 15 is 0 Å². The van der Waals surface area contributed by atoms with Gasteiger partial charge in [-0.2, -0.15) is 5.10 Å².